The van der Waals surface area contributed by atoms with Gasteiger partial charge >= 0.3 is 6.03 Å². The molecule has 2 aromatic rings. The van der Waals surface area contributed by atoms with Crippen LogP contribution in [0.2, 0.25) is 0 Å². The number of anilines is 2. The zero-order valence-corrected chi connectivity index (χ0v) is 16.8. The first-order valence-electron chi connectivity index (χ1n) is 9.89. The molecule has 0 aromatic heterocycles. The van der Waals surface area contributed by atoms with Crippen LogP contribution in [0, 0.1) is 0 Å². The lowest BCUT2D eigenvalue weighted by Gasteiger charge is -2.28. The second-order valence-electron chi connectivity index (χ2n) is 7.51. The summed E-state index contributed by atoms with van der Waals surface area (Å²) in [7, 11) is 0. The Hall–Kier alpha value is -3.39. The monoisotopic (exact) mass is 408 g/mol. The third kappa shape index (κ3) is 3.86. The fraction of sp³-hybridized carbons (Fsp3) is 0.318. The Morgan fingerprint density at radius 1 is 1.07 bits per heavy atom. The summed E-state index contributed by atoms with van der Waals surface area (Å²) >= 11 is 0. The van der Waals surface area contributed by atoms with Crippen LogP contribution >= 0.6 is 0 Å². The summed E-state index contributed by atoms with van der Waals surface area (Å²) in [5.41, 5.74) is 1.15. The Balaban J connectivity index is 1.39. The molecular formula is C22H24N4O4. The number of imide groups is 1. The maximum Gasteiger partial charge on any atom is 0.325 e. The van der Waals surface area contributed by atoms with E-state index in [0.29, 0.717) is 24.5 Å². The highest BCUT2D eigenvalue weighted by Gasteiger charge is 2.49. The van der Waals surface area contributed by atoms with Crippen molar-refractivity contribution in [1.29, 1.82) is 0 Å². The van der Waals surface area contributed by atoms with E-state index in [2.05, 4.69) is 15.5 Å². The summed E-state index contributed by atoms with van der Waals surface area (Å²) in [6.45, 7) is 4.36. The van der Waals surface area contributed by atoms with E-state index in [0.717, 1.165) is 23.7 Å². The average Bonchev–Trinajstić information content (AvgIpc) is 2.99. The van der Waals surface area contributed by atoms with Crippen molar-refractivity contribution in [2.24, 2.45) is 0 Å². The van der Waals surface area contributed by atoms with E-state index in [-0.39, 0.29) is 6.54 Å². The van der Waals surface area contributed by atoms with Crippen molar-refractivity contribution in [3.8, 4) is 0 Å². The minimum absolute atomic E-state index is 0.349. The van der Waals surface area contributed by atoms with Crippen LogP contribution in [0.4, 0.5) is 16.2 Å². The lowest BCUT2D eigenvalue weighted by atomic mass is 9.92. The van der Waals surface area contributed by atoms with Crippen LogP contribution in [-0.4, -0.2) is 55.6 Å². The second-order valence-corrected chi connectivity index (χ2v) is 7.51. The minimum Gasteiger partial charge on any atom is -0.378 e. The van der Waals surface area contributed by atoms with E-state index in [9.17, 15) is 14.4 Å². The van der Waals surface area contributed by atoms with Gasteiger partial charge in [-0.2, -0.15) is 0 Å². The Kier molecular flexibility index (Phi) is 5.41. The number of nitrogens with zero attached hydrogens (tertiary/aromatic N) is 2. The molecule has 0 unspecified atom stereocenters. The van der Waals surface area contributed by atoms with Gasteiger partial charge in [0.25, 0.3) is 5.91 Å². The molecule has 2 fully saturated rings. The van der Waals surface area contributed by atoms with Crippen LogP contribution in [0.25, 0.3) is 0 Å². The van der Waals surface area contributed by atoms with Gasteiger partial charge in [-0.3, -0.25) is 14.5 Å². The van der Waals surface area contributed by atoms with Gasteiger partial charge < -0.3 is 20.3 Å². The number of ether oxygens (including phenoxy) is 1. The minimum atomic E-state index is -1.18. The molecule has 0 aliphatic carbocycles. The maximum atomic E-state index is 12.9. The molecule has 156 valence electrons. The molecule has 2 aromatic carbocycles. The molecule has 2 saturated heterocycles. The van der Waals surface area contributed by atoms with Crippen molar-refractivity contribution in [3.63, 3.8) is 0 Å². The predicted molar refractivity (Wildman–Crippen MR) is 112 cm³/mol. The highest BCUT2D eigenvalue weighted by atomic mass is 16.5. The quantitative estimate of drug-likeness (QED) is 0.738. The van der Waals surface area contributed by atoms with Crippen LogP contribution in [-0.2, 0) is 19.9 Å². The van der Waals surface area contributed by atoms with Crippen molar-refractivity contribution in [2.75, 3.05) is 43.1 Å². The zero-order chi connectivity index (χ0) is 21.1. The largest absolute Gasteiger partial charge is 0.378 e. The first kappa shape index (κ1) is 19.9. The molecule has 4 rings (SSSR count). The molecule has 2 N–H and O–H groups in total. The topological polar surface area (TPSA) is 91.0 Å². The highest BCUT2D eigenvalue weighted by Crippen LogP contribution is 2.28. The lowest BCUT2D eigenvalue weighted by Crippen LogP contribution is -2.42. The summed E-state index contributed by atoms with van der Waals surface area (Å²) in [5.74, 6) is -0.883. The van der Waals surface area contributed by atoms with E-state index in [1.807, 2.05) is 30.3 Å². The lowest BCUT2D eigenvalue weighted by molar-refractivity contribution is -0.133. The van der Waals surface area contributed by atoms with Crippen LogP contribution in [0.3, 0.4) is 0 Å². The van der Waals surface area contributed by atoms with E-state index < -0.39 is 23.4 Å². The summed E-state index contributed by atoms with van der Waals surface area (Å²) in [6, 6.07) is 15.9. The Morgan fingerprint density at radius 2 is 1.73 bits per heavy atom. The number of morpholine rings is 1. The standard InChI is InChI=1S/C22H24N4O4/c1-22(16-5-3-2-4-6-16)20(28)26(21(29)24-22)15-19(27)23-17-7-9-18(10-8-17)25-11-13-30-14-12-25/h2-10H,11-15H2,1H3,(H,23,27)(H,24,29)/t22-/m1/s1. The number of hydrogen-bond acceptors (Lipinski definition) is 5. The van der Waals surface area contributed by atoms with Gasteiger partial charge in [-0.1, -0.05) is 30.3 Å². The Morgan fingerprint density at radius 3 is 2.40 bits per heavy atom. The number of benzene rings is 2. The normalized spacial score (nSPS) is 21.5. The van der Waals surface area contributed by atoms with Crippen molar-refractivity contribution in [1.82, 2.24) is 10.2 Å². The first-order chi connectivity index (χ1) is 14.5. The van der Waals surface area contributed by atoms with E-state index in [1.165, 1.54) is 0 Å². The Labute approximate surface area is 174 Å². The van der Waals surface area contributed by atoms with Crippen molar-refractivity contribution < 1.29 is 19.1 Å². The molecule has 2 heterocycles. The van der Waals surface area contributed by atoms with Gasteiger partial charge in [0.1, 0.15) is 12.1 Å². The third-order valence-electron chi connectivity index (χ3n) is 5.46. The van der Waals surface area contributed by atoms with Crippen LogP contribution in [0.1, 0.15) is 12.5 Å². The van der Waals surface area contributed by atoms with Gasteiger partial charge in [-0.25, -0.2) is 4.79 Å². The van der Waals surface area contributed by atoms with Crippen molar-refractivity contribution in [2.45, 2.75) is 12.5 Å². The second kappa shape index (κ2) is 8.16. The van der Waals surface area contributed by atoms with Gasteiger partial charge in [0, 0.05) is 24.5 Å². The van der Waals surface area contributed by atoms with E-state index in [4.69, 9.17) is 4.74 Å². The third-order valence-corrected chi connectivity index (χ3v) is 5.46. The molecule has 4 amide bonds. The molecule has 30 heavy (non-hydrogen) atoms. The molecular weight excluding hydrogens is 384 g/mol. The first-order valence-corrected chi connectivity index (χ1v) is 9.89. The molecule has 2 aliphatic heterocycles. The predicted octanol–water partition coefficient (Wildman–Crippen LogP) is 1.93. The molecule has 0 spiro atoms. The van der Waals surface area contributed by atoms with Gasteiger partial charge in [-0.15, -0.1) is 0 Å². The molecule has 0 bridgehead atoms. The number of amides is 4. The fourth-order valence-corrected chi connectivity index (χ4v) is 3.73. The van der Waals surface area contributed by atoms with E-state index in [1.54, 1.807) is 31.2 Å². The number of rotatable bonds is 5. The smallest absolute Gasteiger partial charge is 0.325 e. The van der Waals surface area contributed by atoms with Gasteiger partial charge in [0.15, 0.2) is 0 Å². The fourth-order valence-electron chi connectivity index (χ4n) is 3.73. The molecule has 2 aliphatic rings. The molecule has 1 atom stereocenters. The molecule has 0 radical (unpaired) electrons. The van der Waals surface area contributed by atoms with Gasteiger partial charge in [0.2, 0.25) is 5.91 Å². The van der Waals surface area contributed by atoms with Crippen LogP contribution < -0.4 is 15.5 Å². The number of hydrogen-bond donors (Lipinski definition) is 2. The summed E-state index contributed by atoms with van der Waals surface area (Å²) in [6.07, 6.45) is 0. The molecule has 8 heteroatoms. The summed E-state index contributed by atoms with van der Waals surface area (Å²) in [5, 5.41) is 5.45. The van der Waals surface area contributed by atoms with Crippen molar-refractivity contribution in [3.05, 3.63) is 60.2 Å². The summed E-state index contributed by atoms with van der Waals surface area (Å²) < 4.78 is 5.36. The Bertz CT molecular complexity index is 941. The van der Waals surface area contributed by atoms with Gasteiger partial charge in [0.05, 0.1) is 13.2 Å². The number of carbonyl (C=O) groups is 3. The molecule has 0 saturated carbocycles. The van der Waals surface area contributed by atoms with Gasteiger partial charge in [-0.05, 0) is 36.8 Å². The maximum absolute atomic E-state index is 12.9. The number of urea groups is 1. The zero-order valence-electron chi connectivity index (χ0n) is 16.8. The number of nitrogens with one attached hydrogen (secondary N) is 2. The van der Waals surface area contributed by atoms with Crippen LogP contribution in [0.5, 0.6) is 0 Å². The highest BCUT2D eigenvalue weighted by molar-refractivity contribution is 6.10. The molecule has 8 nitrogen and oxygen atoms in total. The van der Waals surface area contributed by atoms with Crippen LogP contribution in [0.15, 0.2) is 54.6 Å². The van der Waals surface area contributed by atoms with Crippen molar-refractivity contribution >= 4 is 29.2 Å². The average molecular weight is 408 g/mol. The van der Waals surface area contributed by atoms with E-state index >= 15 is 0 Å². The number of carbonyl (C=O) groups excluding carboxylic acids is 3. The SMILES string of the molecule is C[C@]1(c2ccccc2)NC(=O)N(CC(=O)Nc2ccc(N3CCOCC3)cc2)C1=O. The summed E-state index contributed by atoms with van der Waals surface area (Å²) in [4.78, 5) is 40.9.